The predicted molar refractivity (Wildman–Crippen MR) is 45.9 cm³/mol. The number of aromatic hydroxyl groups is 1. The Morgan fingerprint density at radius 3 is 2.77 bits per heavy atom. The lowest BCUT2D eigenvalue weighted by molar-refractivity contribution is -0.385. The Morgan fingerprint density at radius 1 is 1.62 bits per heavy atom. The van der Waals surface area contributed by atoms with E-state index in [9.17, 15) is 10.1 Å². The van der Waals surface area contributed by atoms with Crippen molar-refractivity contribution < 1.29 is 14.8 Å². The standard InChI is InChI=1S/C8H9NO4/c1-2-13-6-3-4-7(9(11)12)8(10)5-6/h3-5,10H,2H2,1H3. The fraction of sp³-hybridized carbons (Fsp3) is 0.250. The quantitative estimate of drug-likeness (QED) is 0.571. The van der Waals surface area contributed by atoms with Crippen LogP contribution in [0.4, 0.5) is 5.69 Å². The Bertz CT molecular complexity index is 324. The van der Waals surface area contributed by atoms with Crippen LogP contribution in [0.1, 0.15) is 6.92 Å². The van der Waals surface area contributed by atoms with Gasteiger partial charge < -0.3 is 9.84 Å². The molecule has 0 aliphatic rings. The number of hydrogen-bond donors (Lipinski definition) is 1. The number of benzene rings is 1. The summed E-state index contributed by atoms with van der Waals surface area (Å²) >= 11 is 0. The van der Waals surface area contributed by atoms with Crippen molar-refractivity contribution in [3.8, 4) is 11.5 Å². The Morgan fingerprint density at radius 2 is 2.31 bits per heavy atom. The van der Waals surface area contributed by atoms with Crippen molar-refractivity contribution in [3.63, 3.8) is 0 Å². The van der Waals surface area contributed by atoms with Gasteiger partial charge in [-0.05, 0) is 13.0 Å². The number of nitro benzene ring substituents is 1. The molecule has 0 atom stereocenters. The molecular formula is C8H9NO4. The fourth-order valence-corrected chi connectivity index (χ4v) is 0.914. The van der Waals surface area contributed by atoms with Gasteiger partial charge in [0.15, 0.2) is 5.75 Å². The summed E-state index contributed by atoms with van der Waals surface area (Å²) in [4.78, 5) is 9.65. The highest BCUT2D eigenvalue weighted by molar-refractivity contribution is 5.49. The van der Waals surface area contributed by atoms with Crippen LogP contribution >= 0.6 is 0 Å². The van der Waals surface area contributed by atoms with Gasteiger partial charge in [0.2, 0.25) is 0 Å². The van der Waals surface area contributed by atoms with Gasteiger partial charge in [-0.15, -0.1) is 0 Å². The van der Waals surface area contributed by atoms with Crippen molar-refractivity contribution in [1.82, 2.24) is 0 Å². The highest BCUT2D eigenvalue weighted by Crippen LogP contribution is 2.29. The zero-order valence-corrected chi connectivity index (χ0v) is 7.06. The summed E-state index contributed by atoms with van der Waals surface area (Å²) in [6, 6.07) is 3.88. The van der Waals surface area contributed by atoms with Crippen LogP contribution in [0.25, 0.3) is 0 Å². The molecule has 1 aromatic carbocycles. The van der Waals surface area contributed by atoms with Gasteiger partial charge in [-0.2, -0.15) is 0 Å². The van der Waals surface area contributed by atoms with Gasteiger partial charge in [-0.25, -0.2) is 0 Å². The first kappa shape index (κ1) is 9.31. The maximum absolute atomic E-state index is 10.3. The van der Waals surface area contributed by atoms with Crippen molar-refractivity contribution in [2.45, 2.75) is 6.92 Å². The van der Waals surface area contributed by atoms with Crippen LogP contribution in [0.5, 0.6) is 11.5 Å². The van der Waals surface area contributed by atoms with Crippen LogP contribution < -0.4 is 4.74 Å². The van der Waals surface area contributed by atoms with Crippen molar-refractivity contribution in [2.24, 2.45) is 0 Å². The van der Waals surface area contributed by atoms with Crippen LogP contribution in [0, 0.1) is 10.1 Å². The maximum atomic E-state index is 10.3. The van der Waals surface area contributed by atoms with Gasteiger partial charge in [-0.1, -0.05) is 0 Å². The van der Waals surface area contributed by atoms with Crippen molar-refractivity contribution >= 4 is 5.69 Å². The normalized spacial score (nSPS) is 9.62. The predicted octanol–water partition coefficient (Wildman–Crippen LogP) is 1.70. The minimum atomic E-state index is -0.648. The highest BCUT2D eigenvalue weighted by atomic mass is 16.6. The molecule has 70 valence electrons. The van der Waals surface area contributed by atoms with Gasteiger partial charge in [0.1, 0.15) is 5.75 Å². The van der Waals surface area contributed by atoms with Crippen molar-refractivity contribution in [3.05, 3.63) is 28.3 Å². The molecule has 0 radical (unpaired) electrons. The minimum Gasteiger partial charge on any atom is -0.502 e. The number of phenols is 1. The molecule has 0 aliphatic heterocycles. The average Bonchev–Trinajstić information content (AvgIpc) is 2.04. The smallest absolute Gasteiger partial charge is 0.310 e. The summed E-state index contributed by atoms with van der Waals surface area (Å²) in [5.41, 5.74) is -0.316. The third-order valence-electron chi connectivity index (χ3n) is 1.45. The largest absolute Gasteiger partial charge is 0.502 e. The van der Waals surface area contributed by atoms with Gasteiger partial charge in [0, 0.05) is 12.1 Å². The number of ether oxygens (including phenoxy) is 1. The number of nitro groups is 1. The second-order valence-electron chi connectivity index (χ2n) is 2.34. The van der Waals surface area contributed by atoms with Crippen molar-refractivity contribution in [1.29, 1.82) is 0 Å². The fourth-order valence-electron chi connectivity index (χ4n) is 0.914. The van der Waals surface area contributed by atoms with E-state index in [0.717, 1.165) is 0 Å². The van der Waals surface area contributed by atoms with Crippen LogP contribution in [0.15, 0.2) is 18.2 Å². The first-order chi connectivity index (χ1) is 6.15. The molecule has 0 saturated carbocycles. The highest BCUT2D eigenvalue weighted by Gasteiger charge is 2.12. The third kappa shape index (κ3) is 2.08. The molecule has 1 N–H and O–H groups in total. The van der Waals surface area contributed by atoms with E-state index in [0.29, 0.717) is 12.4 Å². The summed E-state index contributed by atoms with van der Waals surface area (Å²) in [7, 11) is 0. The van der Waals surface area contributed by atoms with E-state index in [2.05, 4.69) is 0 Å². The molecule has 5 heteroatoms. The molecule has 5 nitrogen and oxygen atoms in total. The van der Waals surface area contributed by atoms with Gasteiger partial charge in [0.05, 0.1) is 11.5 Å². The molecule has 1 rings (SSSR count). The van der Waals surface area contributed by atoms with E-state index in [1.54, 1.807) is 6.92 Å². The summed E-state index contributed by atoms with van der Waals surface area (Å²) in [5.74, 6) is 0.0431. The van der Waals surface area contributed by atoms with Gasteiger partial charge in [0.25, 0.3) is 0 Å². The van der Waals surface area contributed by atoms with E-state index >= 15 is 0 Å². The van der Waals surface area contributed by atoms with Crippen molar-refractivity contribution in [2.75, 3.05) is 6.61 Å². The maximum Gasteiger partial charge on any atom is 0.310 e. The number of nitrogens with zero attached hydrogens (tertiary/aromatic N) is 1. The molecule has 0 amide bonds. The second-order valence-corrected chi connectivity index (χ2v) is 2.34. The Kier molecular flexibility index (Phi) is 2.69. The van der Waals surface area contributed by atoms with Gasteiger partial charge >= 0.3 is 5.69 Å². The zero-order chi connectivity index (χ0) is 9.84. The molecule has 0 bridgehead atoms. The first-order valence-electron chi connectivity index (χ1n) is 3.75. The molecule has 13 heavy (non-hydrogen) atoms. The lowest BCUT2D eigenvalue weighted by atomic mass is 10.3. The molecule has 0 fully saturated rings. The van der Waals surface area contributed by atoms with Crippen LogP contribution in [-0.4, -0.2) is 16.6 Å². The summed E-state index contributed by atoms with van der Waals surface area (Å²) < 4.78 is 5.04. The topological polar surface area (TPSA) is 72.6 Å². The zero-order valence-electron chi connectivity index (χ0n) is 7.06. The molecule has 0 unspecified atom stereocenters. The second kappa shape index (κ2) is 3.75. The van der Waals surface area contributed by atoms with Gasteiger partial charge in [-0.3, -0.25) is 10.1 Å². The minimum absolute atomic E-state index is 0.316. The van der Waals surface area contributed by atoms with Crippen LogP contribution in [0.3, 0.4) is 0 Å². The molecule has 0 aliphatic carbocycles. The summed E-state index contributed by atoms with van der Waals surface area (Å²) in [5, 5.41) is 19.5. The molecule has 1 aromatic rings. The van der Waals surface area contributed by atoms with E-state index in [4.69, 9.17) is 9.84 Å². The van der Waals surface area contributed by atoms with Crippen LogP contribution in [0.2, 0.25) is 0 Å². The lowest BCUT2D eigenvalue weighted by Crippen LogP contribution is -1.93. The van der Waals surface area contributed by atoms with Crippen LogP contribution in [-0.2, 0) is 0 Å². The molecule has 0 aromatic heterocycles. The molecule has 0 saturated heterocycles. The Labute approximate surface area is 74.7 Å². The average molecular weight is 183 g/mol. The van der Waals surface area contributed by atoms with E-state index in [-0.39, 0.29) is 11.4 Å². The molecule has 0 spiro atoms. The Hall–Kier alpha value is -1.78. The Balaban J connectivity index is 2.98. The van der Waals surface area contributed by atoms with E-state index in [1.807, 2.05) is 0 Å². The SMILES string of the molecule is CCOc1ccc([N+](=O)[O-])c(O)c1. The number of rotatable bonds is 3. The third-order valence-corrected chi connectivity index (χ3v) is 1.45. The lowest BCUT2D eigenvalue weighted by Gasteiger charge is -2.02. The monoisotopic (exact) mass is 183 g/mol. The van der Waals surface area contributed by atoms with E-state index in [1.165, 1.54) is 18.2 Å². The number of hydrogen-bond acceptors (Lipinski definition) is 4. The summed E-state index contributed by atoms with van der Waals surface area (Å²) in [6.45, 7) is 2.25. The first-order valence-corrected chi connectivity index (χ1v) is 3.75. The van der Waals surface area contributed by atoms with E-state index < -0.39 is 4.92 Å². The molecular weight excluding hydrogens is 174 g/mol. The molecule has 0 heterocycles. The summed E-state index contributed by atoms with van der Waals surface area (Å²) in [6.07, 6.45) is 0. The number of phenolic OH excluding ortho intramolecular Hbond substituents is 1.